The number of piperazine rings is 1. The van der Waals surface area contributed by atoms with E-state index in [0.29, 0.717) is 19.1 Å². The second-order valence-corrected chi connectivity index (χ2v) is 5.58. The molecule has 0 aromatic heterocycles. The number of hydrogen-bond acceptors (Lipinski definition) is 6. The van der Waals surface area contributed by atoms with E-state index in [4.69, 9.17) is 9.47 Å². The molecule has 0 spiro atoms. The topological polar surface area (TPSA) is 63.2 Å². The van der Waals surface area contributed by atoms with Gasteiger partial charge in [-0.3, -0.25) is 4.79 Å². The molecule has 1 N–H and O–H groups in total. The number of methoxy groups -OCH3 is 1. The molecule has 6 nitrogen and oxygen atoms in total. The number of aliphatic imine (C=N–C) groups is 1. The van der Waals surface area contributed by atoms with Crippen molar-refractivity contribution in [3.63, 3.8) is 0 Å². The molecule has 1 aromatic carbocycles. The van der Waals surface area contributed by atoms with E-state index in [9.17, 15) is 4.79 Å². The molecule has 0 aliphatic carbocycles. The van der Waals surface area contributed by atoms with Crippen LogP contribution in [0.25, 0.3) is 0 Å². The number of nitrogens with one attached hydrogen (secondary N) is 1. The lowest BCUT2D eigenvalue weighted by Gasteiger charge is -2.32. The zero-order valence-corrected chi connectivity index (χ0v) is 12.9. The van der Waals surface area contributed by atoms with Crippen molar-refractivity contribution in [3.05, 3.63) is 35.9 Å². The highest BCUT2D eigenvalue weighted by Gasteiger charge is 2.35. The Morgan fingerprint density at radius 1 is 1.41 bits per heavy atom. The minimum Gasteiger partial charge on any atom is -0.468 e. The van der Waals surface area contributed by atoms with Gasteiger partial charge in [-0.15, -0.1) is 0 Å². The fraction of sp³-hybridized carbons (Fsp3) is 0.500. The third-order valence-electron chi connectivity index (χ3n) is 4.04. The maximum absolute atomic E-state index is 11.7. The largest absolute Gasteiger partial charge is 0.468 e. The van der Waals surface area contributed by atoms with E-state index in [2.05, 4.69) is 22.4 Å². The van der Waals surface area contributed by atoms with E-state index in [0.717, 1.165) is 12.1 Å². The summed E-state index contributed by atoms with van der Waals surface area (Å²) in [4.78, 5) is 18.3. The Morgan fingerprint density at radius 2 is 2.18 bits per heavy atom. The number of esters is 1. The minimum absolute atomic E-state index is 0.0591. The number of amidine groups is 1. The summed E-state index contributed by atoms with van der Waals surface area (Å²) in [6, 6.07) is 10.4. The lowest BCUT2D eigenvalue weighted by molar-refractivity contribution is -0.144. The summed E-state index contributed by atoms with van der Waals surface area (Å²) in [5.41, 5.74) is 1.12. The van der Waals surface area contributed by atoms with Gasteiger partial charge >= 0.3 is 5.97 Å². The predicted octanol–water partition coefficient (Wildman–Crippen LogP) is 0.949. The first-order valence-corrected chi connectivity index (χ1v) is 7.54. The summed E-state index contributed by atoms with van der Waals surface area (Å²) >= 11 is 0. The predicted molar refractivity (Wildman–Crippen MR) is 82.5 cm³/mol. The number of hydrogen-bond donors (Lipinski definition) is 1. The van der Waals surface area contributed by atoms with Crippen LogP contribution in [0.1, 0.15) is 18.6 Å². The Morgan fingerprint density at radius 3 is 2.91 bits per heavy atom. The van der Waals surface area contributed by atoms with Crippen LogP contribution in [-0.4, -0.2) is 55.7 Å². The molecule has 0 saturated carbocycles. The third-order valence-corrected chi connectivity index (χ3v) is 4.04. The van der Waals surface area contributed by atoms with Gasteiger partial charge in [0.2, 0.25) is 0 Å². The van der Waals surface area contributed by atoms with Crippen molar-refractivity contribution < 1.29 is 14.3 Å². The molecular weight excluding hydrogens is 282 g/mol. The van der Waals surface area contributed by atoms with Gasteiger partial charge in [-0.1, -0.05) is 30.3 Å². The van der Waals surface area contributed by atoms with Gasteiger partial charge in [0, 0.05) is 19.6 Å². The van der Waals surface area contributed by atoms with Crippen molar-refractivity contribution in [1.29, 1.82) is 0 Å². The normalized spacial score (nSPS) is 28.0. The average Bonchev–Trinajstić information content (AvgIpc) is 2.97. The number of rotatable bonds is 2. The lowest BCUT2D eigenvalue weighted by atomic mass is 10.0. The standard InChI is InChI=1S/C16H21N3O3/c1-11-14(12-6-4-3-5-7-12)22-16(18-11)19-9-8-17-13(10-19)15(20)21-2/h3-7,11,13-14,17H,8-10H2,1-2H3/t11-,13-,14+/m0/s1. The van der Waals surface area contributed by atoms with Crippen molar-refractivity contribution in [3.8, 4) is 0 Å². The van der Waals surface area contributed by atoms with Crippen LogP contribution >= 0.6 is 0 Å². The van der Waals surface area contributed by atoms with Gasteiger partial charge in [-0.2, -0.15) is 0 Å². The zero-order valence-electron chi connectivity index (χ0n) is 12.9. The molecule has 0 unspecified atom stereocenters. The molecule has 2 aliphatic rings. The van der Waals surface area contributed by atoms with Gasteiger partial charge in [-0.05, 0) is 12.5 Å². The first kappa shape index (κ1) is 14.8. The van der Waals surface area contributed by atoms with Crippen LogP contribution in [0.3, 0.4) is 0 Å². The summed E-state index contributed by atoms with van der Waals surface area (Å²) in [6.45, 7) is 4.03. The number of nitrogens with zero attached hydrogens (tertiary/aromatic N) is 2. The highest BCUT2D eigenvalue weighted by atomic mass is 16.5. The molecule has 1 fully saturated rings. The summed E-state index contributed by atoms with van der Waals surface area (Å²) in [5, 5.41) is 3.15. The fourth-order valence-corrected chi connectivity index (χ4v) is 2.85. The Hall–Kier alpha value is -2.08. The van der Waals surface area contributed by atoms with E-state index in [1.807, 2.05) is 30.0 Å². The van der Waals surface area contributed by atoms with Crippen molar-refractivity contribution in [1.82, 2.24) is 10.2 Å². The molecule has 0 amide bonds. The molecule has 3 atom stereocenters. The van der Waals surface area contributed by atoms with E-state index >= 15 is 0 Å². The van der Waals surface area contributed by atoms with Gasteiger partial charge in [-0.25, -0.2) is 4.99 Å². The summed E-state index contributed by atoms with van der Waals surface area (Å²) in [7, 11) is 1.40. The summed E-state index contributed by atoms with van der Waals surface area (Å²) in [6.07, 6.45) is -0.0670. The summed E-state index contributed by atoms with van der Waals surface area (Å²) < 4.78 is 10.9. The van der Waals surface area contributed by atoms with Gasteiger partial charge in [0.1, 0.15) is 12.1 Å². The number of carbonyl (C=O) groups is 1. The fourth-order valence-electron chi connectivity index (χ4n) is 2.85. The number of benzene rings is 1. The van der Waals surface area contributed by atoms with Crippen LogP contribution in [0.4, 0.5) is 0 Å². The van der Waals surface area contributed by atoms with Crippen molar-refractivity contribution in [2.45, 2.75) is 25.1 Å². The Balaban J connectivity index is 1.68. The average molecular weight is 303 g/mol. The summed E-state index contributed by atoms with van der Waals surface area (Å²) in [5.74, 6) is -0.254. The molecule has 3 rings (SSSR count). The van der Waals surface area contributed by atoms with Crippen LogP contribution < -0.4 is 5.32 Å². The quantitative estimate of drug-likeness (QED) is 0.824. The molecule has 1 saturated heterocycles. The molecular formula is C16H21N3O3. The molecule has 22 heavy (non-hydrogen) atoms. The van der Waals surface area contributed by atoms with Gasteiger partial charge in [0.15, 0.2) is 0 Å². The molecule has 2 aliphatic heterocycles. The van der Waals surface area contributed by atoms with Crippen LogP contribution in [-0.2, 0) is 14.3 Å². The second kappa shape index (κ2) is 6.36. The monoisotopic (exact) mass is 303 g/mol. The van der Waals surface area contributed by atoms with Crippen LogP contribution in [0.15, 0.2) is 35.3 Å². The van der Waals surface area contributed by atoms with Gasteiger partial charge in [0.25, 0.3) is 6.02 Å². The Kier molecular flexibility index (Phi) is 4.29. The van der Waals surface area contributed by atoms with Crippen molar-refractivity contribution in [2.75, 3.05) is 26.7 Å². The maximum atomic E-state index is 11.7. The van der Waals surface area contributed by atoms with E-state index in [1.54, 1.807) is 0 Å². The molecule has 0 radical (unpaired) electrons. The van der Waals surface area contributed by atoms with E-state index < -0.39 is 0 Å². The Labute approximate surface area is 130 Å². The molecule has 6 heteroatoms. The molecule has 2 heterocycles. The second-order valence-electron chi connectivity index (χ2n) is 5.58. The lowest BCUT2D eigenvalue weighted by Crippen LogP contribution is -2.56. The first-order valence-electron chi connectivity index (χ1n) is 7.54. The molecule has 1 aromatic rings. The highest BCUT2D eigenvalue weighted by Crippen LogP contribution is 2.29. The number of carbonyl (C=O) groups excluding carboxylic acids is 1. The smallest absolute Gasteiger partial charge is 0.324 e. The zero-order chi connectivity index (χ0) is 15.5. The van der Waals surface area contributed by atoms with Gasteiger partial charge < -0.3 is 19.7 Å². The SMILES string of the molecule is COC(=O)[C@@H]1CN(C2=N[C@@H](C)[C@H](c3ccccc3)O2)CCN1. The maximum Gasteiger partial charge on any atom is 0.324 e. The Bertz CT molecular complexity index is 561. The highest BCUT2D eigenvalue weighted by molar-refractivity contribution is 5.80. The van der Waals surface area contributed by atoms with E-state index in [1.165, 1.54) is 7.11 Å². The number of ether oxygens (including phenoxy) is 2. The van der Waals surface area contributed by atoms with E-state index in [-0.39, 0.29) is 24.2 Å². The van der Waals surface area contributed by atoms with Crippen molar-refractivity contribution >= 4 is 12.0 Å². The van der Waals surface area contributed by atoms with Crippen LogP contribution in [0.5, 0.6) is 0 Å². The molecule has 0 bridgehead atoms. The molecule has 118 valence electrons. The minimum atomic E-state index is -0.337. The van der Waals surface area contributed by atoms with Crippen LogP contribution in [0, 0.1) is 0 Å². The van der Waals surface area contributed by atoms with Crippen molar-refractivity contribution in [2.24, 2.45) is 4.99 Å². The third kappa shape index (κ3) is 2.92. The van der Waals surface area contributed by atoms with Gasteiger partial charge in [0.05, 0.1) is 13.2 Å². The first-order chi connectivity index (χ1) is 10.7. The van der Waals surface area contributed by atoms with Crippen LogP contribution in [0.2, 0.25) is 0 Å².